The molecule has 0 aliphatic heterocycles. The molecule has 1 saturated carbocycles. The Bertz CT molecular complexity index is 987. The third-order valence-corrected chi connectivity index (χ3v) is 4.86. The molecule has 0 unspecified atom stereocenters. The van der Waals surface area contributed by atoms with Crippen molar-refractivity contribution < 1.29 is 22.3 Å². The van der Waals surface area contributed by atoms with Crippen molar-refractivity contribution in [2.75, 3.05) is 0 Å². The van der Waals surface area contributed by atoms with Gasteiger partial charge < -0.3 is 10.1 Å². The largest absolute Gasteiger partial charge is 0.490 e. The lowest BCUT2D eigenvalue weighted by atomic mass is 9.89. The van der Waals surface area contributed by atoms with E-state index in [1.54, 1.807) is 24.5 Å². The average Bonchev–Trinajstić information content (AvgIpc) is 2.64. The lowest BCUT2D eigenvalue weighted by molar-refractivity contribution is -0.141. The third-order valence-electron chi connectivity index (χ3n) is 4.86. The Kier molecular flexibility index (Phi) is 4.89. The number of halogens is 4. The number of rotatable bonds is 5. The van der Waals surface area contributed by atoms with Gasteiger partial charge >= 0.3 is 6.18 Å². The molecule has 2 heterocycles. The van der Waals surface area contributed by atoms with Crippen molar-refractivity contribution in [2.24, 2.45) is 0 Å². The number of ether oxygens (including phenoxy) is 1. The van der Waals surface area contributed by atoms with E-state index < -0.39 is 11.9 Å². The van der Waals surface area contributed by atoms with Gasteiger partial charge in [0.15, 0.2) is 0 Å². The summed E-state index contributed by atoms with van der Waals surface area (Å²) < 4.78 is 57.9. The van der Waals surface area contributed by atoms with Crippen LogP contribution in [-0.4, -0.2) is 22.1 Å². The van der Waals surface area contributed by atoms with Gasteiger partial charge in [-0.1, -0.05) is 0 Å². The summed E-state index contributed by atoms with van der Waals surface area (Å²) in [5, 5.41) is 4.97. The summed E-state index contributed by atoms with van der Waals surface area (Å²) in [6.07, 6.45) is 1.00. The first-order chi connectivity index (χ1) is 13.4. The van der Waals surface area contributed by atoms with Crippen LogP contribution in [-0.2, 0) is 12.7 Å². The molecule has 1 N–H and O–H groups in total. The number of hydrogen-bond donors (Lipinski definition) is 1. The molecular weight excluding hydrogens is 374 g/mol. The second-order valence-corrected chi connectivity index (χ2v) is 6.79. The van der Waals surface area contributed by atoms with E-state index in [0.717, 1.165) is 23.0 Å². The number of nitrogens with zero attached hydrogens (tertiary/aromatic N) is 2. The first-order valence-corrected chi connectivity index (χ1v) is 8.84. The minimum Gasteiger partial charge on any atom is -0.490 e. The van der Waals surface area contributed by atoms with Gasteiger partial charge in [0.1, 0.15) is 23.4 Å². The van der Waals surface area contributed by atoms with Crippen LogP contribution in [0.2, 0.25) is 0 Å². The van der Waals surface area contributed by atoms with Crippen molar-refractivity contribution in [1.29, 1.82) is 0 Å². The maximum atomic E-state index is 14.2. The molecule has 3 aromatic rings. The zero-order valence-electron chi connectivity index (χ0n) is 14.7. The number of aromatic nitrogens is 2. The van der Waals surface area contributed by atoms with Crippen molar-refractivity contribution >= 4 is 10.8 Å². The second-order valence-electron chi connectivity index (χ2n) is 6.79. The van der Waals surface area contributed by atoms with Gasteiger partial charge in [0.2, 0.25) is 0 Å². The fraction of sp³-hybridized carbons (Fsp3) is 0.300. The standard InChI is InChI=1S/C20H17F4N3O/c21-18-2-1-12-10-25-5-4-16(12)17(18)11-27-13-7-15(8-13)28-14-3-6-26-19(9-14)20(22,23)24/h1-6,9-10,13,15,27H,7-8,11H2/t13-,15-. The van der Waals surface area contributed by atoms with Crippen LogP contribution in [0.1, 0.15) is 24.1 Å². The van der Waals surface area contributed by atoms with Crippen LogP contribution in [0.4, 0.5) is 17.6 Å². The number of hydrogen-bond acceptors (Lipinski definition) is 4. The van der Waals surface area contributed by atoms with Gasteiger partial charge in [-0.15, -0.1) is 0 Å². The zero-order valence-corrected chi connectivity index (χ0v) is 14.7. The van der Waals surface area contributed by atoms with Crippen molar-refractivity contribution in [1.82, 2.24) is 15.3 Å². The maximum Gasteiger partial charge on any atom is 0.433 e. The molecule has 0 saturated heterocycles. The van der Waals surface area contributed by atoms with Crippen LogP contribution < -0.4 is 10.1 Å². The molecule has 1 fully saturated rings. The van der Waals surface area contributed by atoms with Gasteiger partial charge in [0.25, 0.3) is 0 Å². The number of pyridine rings is 2. The topological polar surface area (TPSA) is 47.0 Å². The van der Waals surface area contributed by atoms with E-state index in [9.17, 15) is 17.6 Å². The molecule has 0 spiro atoms. The predicted octanol–water partition coefficient (Wildman–Crippen LogP) is 4.49. The van der Waals surface area contributed by atoms with Crippen LogP contribution in [0.5, 0.6) is 5.75 Å². The van der Waals surface area contributed by atoms with E-state index in [0.29, 0.717) is 24.9 Å². The normalized spacial score (nSPS) is 19.4. The molecule has 146 valence electrons. The van der Waals surface area contributed by atoms with Crippen molar-refractivity contribution in [3.63, 3.8) is 0 Å². The molecule has 1 aliphatic carbocycles. The van der Waals surface area contributed by atoms with Crippen molar-refractivity contribution in [2.45, 2.75) is 37.7 Å². The predicted molar refractivity (Wildman–Crippen MR) is 95.2 cm³/mol. The fourth-order valence-corrected chi connectivity index (χ4v) is 3.29. The molecule has 2 aromatic heterocycles. The molecule has 0 amide bonds. The van der Waals surface area contributed by atoms with Gasteiger partial charge in [-0.05, 0) is 42.5 Å². The minimum atomic E-state index is -4.50. The lowest BCUT2D eigenvalue weighted by Gasteiger charge is -2.36. The van der Waals surface area contributed by atoms with Crippen LogP contribution in [0, 0.1) is 5.82 Å². The second kappa shape index (κ2) is 7.35. The Morgan fingerprint density at radius 3 is 2.71 bits per heavy atom. The number of nitrogens with one attached hydrogen (secondary N) is 1. The number of benzene rings is 1. The first-order valence-electron chi connectivity index (χ1n) is 8.84. The van der Waals surface area contributed by atoms with Crippen molar-refractivity contribution in [3.8, 4) is 5.75 Å². The summed E-state index contributed by atoms with van der Waals surface area (Å²) >= 11 is 0. The minimum absolute atomic E-state index is 0.116. The smallest absolute Gasteiger partial charge is 0.433 e. The first kappa shape index (κ1) is 18.6. The Hall–Kier alpha value is -2.74. The van der Waals surface area contributed by atoms with E-state index in [2.05, 4.69) is 15.3 Å². The SMILES string of the molecule is Fc1ccc2cnccc2c1CN[C@H]1C[C@H](Oc2ccnc(C(F)(F)F)c2)C1. The fourth-order valence-electron chi connectivity index (χ4n) is 3.29. The van der Waals surface area contributed by atoms with E-state index in [1.807, 2.05) is 0 Å². The molecule has 0 radical (unpaired) electrons. The molecule has 8 heteroatoms. The summed E-state index contributed by atoms with van der Waals surface area (Å²) in [6, 6.07) is 7.33. The highest BCUT2D eigenvalue weighted by Gasteiger charge is 2.34. The average molecular weight is 391 g/mol. The molecule has 28 heavy (non-hydrogen) atoms. The maximum absolute atomic E-state index is 14.2. The highest BCUT2D eigenvalue weighted by Crippen LogP contribution is 2.32. The van der Waals surface area contributed by atoms with Gasteiger partial charge in [0, 0.05) is 48.2 Å². The molecule has 0 bridgehead atoms. The highest BCUT2D eigenvalue weighted by molar-refractivity contribution is 5.84. The monoisotopic (exact) mass is 391 g/mol. The Morgan fingerprint density at radius 2 is 1.93 bits per heavy atom. The number of fused-ring (bicyclic) bond motifs is 1. The van der Waals surface area contributed by atoms with E-state index in [1.165, 1.54) is 12.1 Å². The van der Waals surface area contributed by atoms with Crippen LogP contribution in [0.15, 0.2) is 48.9 Å². The van der Waals surface area contributed by atoms with Crippen LogP contribution in [0.3, 0.4) is 0 Å². The van der Waals surface area contributed by atoms with E-state index in [-0.39, 0.29) is 23.7 Å². The van der Waals surface area contributed by atoms with E-state index in [4.69, 9.17) is 4.74 Å². The summed E-state index contributed by atoms with van der Waals surface area (Å²) in [5.74, 6) is -0.131. The summed E-state index contributed by atoms with van der Waals surface area (Å²) in [7, 11) is 0. The highest BCUT2D eigenvalue weighted by atomic mass is 19.4. The van der Waals surface area contributed by atoms with Crippen LogP contribution in [0.25, 0.3) is 10.8 Å². The third kappa shape index (κ3) is 3.91. The molecule has 4 rings (SSSR count). The summed E-state index contributed by atoms with van der Waals surface area (Å²) in [5.41, 5.74) is -0.395. The van der Waals surface area contributed by atoms with Crippen LogP contribution >= 0.6 is 0 Å². The summed E-state index contributed by atoms with van der Waals surface area (Å²) in [6.45, 7) is 0.359. The zero-order chi connectivity index (χ0) is 19.7. The molecule has 4 nitrogen and oxygen atoms in total. The van der Waals surface area contributed by atoms with Gasteiger partial charge in [-0.25, -0.2) is 4.39 Å². The molecule has 1 aromatic carbocycles. The van der Waals surface area contributed by atoms with Crippen molar-refractivity contribution in [3.05, 3.63) is 66.0 Å². The summed E-state index contributed by atoms with van der Waals surface area (Å²) in [4.78, 5) is 7.36. The van der Waals surface area contributed by atoms with Gasteiger partial charge in [-0.3, -0.25) is 9.97 Å². The lowest BCUT2D eigenvalue weighted by Crippen LogP contribution is -2.46. The molecule has 1 aliphatic rings. The van der Waals surface area contributed by atoms with E-state index >= 15 is 0 Å². The van der Waals surface area contributed by atoms with Gasteiger partial charge in [-0.2, -0.15) is 13.2 Å². The quantitative estimate of drug-likeness (QED) is 0.651. The Morgan fingerprint density at radius 1 is 1.11 bits per heavy atom. The van der Waals surface area contributed by atoms with Gasteiger partial charge in [0.05, 0.1) is 0 Å². The Labute approximate surface area is 158 Å². The molecule has 0 atom stereocenters. The number of alkyl halides is 3. The Balaban J connectivity index is 1.33. The molecular formula is C20H17F4N3O.